The lowest BCUT2D eigenvalue weighted by atomic mass is 9.93. The summed E-state index contributed by atoms with van der Waals surface area (Å²) in [7, 11) is 0. The second kappa shape index (κ2) is 13.0. The van der Waals surface area contributed by atoms with Gasteiger partial charge in [-0.05, 0) is 80.5 Å². The average molecular weight is 759 g/mol. The Balaban J connectivity index is 0.980. The number of hydrogen-bond donors (Lipinski definition) is 0. The third-order valence-electron chi connectivity index (χ3n) is 11.1. The van der Waals surface area contributed by atoms with Crippen LogP contribution in [0, 0.1) is 0 Å². The van der Waals surface area contributed by atoms with Crippen LogP contribution in [0.1, 0.15) is 0 Å². The first kappa shape index (κ1) is 32.7. The quantitative estimate of drug-likeness (QED) is 0.164. The maximum atomic E-state index is 6.39. The molecule has 0 amide bonds. The molecule has 3 heterocycles. The number of fused-ring (bicyclic) bond motifs is 10. The van der Waals surface area contributed by atoms with E-state index in [1.54, 1.807) is 11.3 Å². The van der Waals surface area contributed by atoms with Gasteiger partial charge in [0.15, 0.2) is 17.5 Å². The number of rotatable bonds is 5. The highest BCUT2D eigenvalue weighted by Crippen LogP contribution is 2.42. The zero-order valence-corrected chi connectivity index (χ0v) is 31.7. The fourth-order valence-corrected chi connectivity index (χ4v) is 9.40. The number of furan rings is 1. The van der Waals surface area contributed by atoms with Crippen LogP contribution in [0.4, 0.5) is 0 Å². The SMILES string of the molecule is c1ccc(-c2nc(-c3ccccc3)nc(-c3ccc4oc5ccc(-c6ccc7c(ccc8ccc9ccc%10nc(-c%11ccccc%11)sc%10c9c87)c6)cc5c4c3)n2)cc1. The second-order valence-electron chi connectivity index (χ2n) is 14.6. The summed E-state index contributed by atoms with van der Waals surface area (Å²) in [6, 6.07) is 63.4. The standard InChI is InChI=1S/C52H30N4OS/c1-4-10-33(11-5-1)49-54-50(34-12-6-2-7-13-34)56-51(55-49)39-23-27-45-42(30-39)41-29-37(22-26-44(41)57-45)36-20-24-40-38(28-36)19-18-31-16-17-32-21-25-43-48(47(32)46(31)40)58-52(53-43)35-14-8-3-9-15-35/h1-30H. The summed E-state index contributed by atoms with van der Waals surface area (Å²) in [6.45, 7) is 0. The highest BCUT2D eigenvalue weighted by Gasteiger charge is 2.17. The topological polar surface area (TPSA) is 64.7 Å². The lowest BCUT2D eigenvalue weighted by molar-refractivity contribution is 0.669. The molecule has 0 saturated heterocycles. The summed E-state index contributed by atoms with van der Waals surface area (Å²) in [5.74, 6) is 1.88. The van der Waals surface area contributed by atoms with Crippen molar-refractivity contribution in [1.82, 2.24) is 19.9 Å². The Morgan fingerprint density at radius 1 is 0.345 bits per heavy atom. The van der Waals surface area contributed by atoms with E-state index in [0.717, 1.165) is 65.8 Å². The van der Waals surface area contributed by atoms with Crippen LogP contribution in [0.2, 0.25) is 0 Å². The van der Waals surface area contributed by atoms with E-state index < -0.39 is 0 Å². The van der Waals surface area contributed by atoms with Crippen molar-refractivity contribution >= 4 is 75.8 Å². The van der Waals surface area contributed by atoms with Crippen molar-refractivity contribution in [2.75, 3.05) is 0 Å². The van der Waals surface area contributed by atoms with Gasteiger partial charge in [-0.2, -0.15) is 0 Å². The van der Waals surface area contributed by atoms with E-state index in [4.69, 9.17) is 24.4 Å². The maximum Gasteiger partial charge on any atom is 0.164 e. The molecule has 0 saturated carbocycles. The van der Waals surface area contributed by atoms with Crippen LogP contribution in [0.25, 0.3) is 120 Å². The minimum atomic E-state index is 0.612. The maximum absolute atomic E-state index is 6.39. The molecule has 0 bridgehead atoms. The number of hydrogen-bond acceptors (Lipinski definition) is 6. The molecular weight excluding hydrogens is 729 g/mol. The van der Waals surface area contributed by atoms with E-state index in [0.29, 0.717) is 17.5 Å². The second-order valence-corrected chi connectivity index (χ2v) is 15.6. The fraction of sp³-hybridized carbons (Fsp3) is 0. The molecule has 5 nitrogen and oxygen atoms in total. The molecule has 58 heavy (non-hydrogen) atoms. The normalized spacial score (nSPS) is 11.8. The number of thiazole rings is 1. The van der Waals surface area contributed by atoms with E-state index in [2.05, 4.69) is 103 Å². The van der Waals surface area contributed by atoms with Crippen molar-refractivity contribution in [3.8, 4) is 55.9 Å². The molecule has 270 valence electrons. The van der Waals surface area contributed by atoms with Crippen LogP contribution in [-0.4, -0.2) is 19.9 Å². The molecule has 0 atom stereocenters. The van der Waals surface area contributed by atoms with Crippen LogP contribution in [0.15, 0.2) is 186 Å². The minimum Gasteiger partial charge on any atom is -0.456 e. The molecule has 12 rings (SSSR count). The van der Waals surface area contributed by atoms with E-state index in [9.17, 15) is 0 Å². The van der Waals surface area contributed by atoms with E-state index in [1.807, 2.05) is 78.9 Å². The van der Waals surface area contributed by atoms with Crippen LogP contribution >= 0.6 is 11.3 Å². The number of benzene rings is 9. The molecule has 6 heteroatoms. The van der Waals surface area contributed by atoms with Crippen molar-refractivity contribution in [3.05, 3.63) is 182 Å². The molecule has 0 aliphatic heterocycles. The molecule has 0 aliphatic rings. The van der Waals surface area contributed by atoms with Gasteiger partial charge in [0.05, 0.1) is 10.2 Å². The monoisotopic (exact) mass is 758 g/mol. The van der Waals surface area contributed by atoms with Crippen molar-refractivity contribution in [1.29, 1.82) is 0 Å². The first-order chi connectivity index (χ1) is 28.7. The van der Waals surface area contributed by atoms with Gasteiger partial charge in [0.25, 0.3) is 0 Å². The highest BCUT2D eigenvalue weighted by atomic mass is 32.1. The van der Waals surface area contributed by atoms with Gasteiger partial charge in [0.1, 0.15) is 16.2 Å². The molecule has 0 spiro atoms. The van der Waals surface area contributed by atoms with Gasteiger partial charge in [0, 0.05) is 38.4 Å². The third-order valence-corrected chi connectivity index (χ3v) is 12.3. The van der Waals surface area contributed by atoms with Crippen molar-refractivity contribution in [2.45, 2.75) is 0 Å². The summed E-state index contributed by atoms with van der Waals surface area (Å²) in [4.78, 5) is 19.9. The Bertz CT molecular complexity index is 3500. The fourth-order valence-electron chi connectivity index (χ4n) is 8.27. The van der Waals surface area contributed by atoms with Gasteiger partial charge in [-0.15, -0.1) is 11.3 Å². The molecule has 0 radical (unpaired) electrons. The summed E-state index contributed by atoms with van der Waals surface area (Å²) in [5.41, 5.74) is 8.87. The molecule has 12 aromatic rings. The van der Waals surface area contributed by atoms with E-state index in [-0.39, 0.29) is 0 Å². The first-order valence-electron chi connectivity index (χ1n) is 19.3. The van der Waals surface area contributed by atoms with Gasteiger partial charge in [-0.3, -0.25) is 0 Å². The molecule has 0 unspecified atom stereocenters. The molecule has 0 N–H and O–H groups in total. The largest absolute Gasteiger partial charge is 0.456 e. The van der Waals surface area contributed by atoms with Gasteiger partial charge in [-0.1, -0.05) is 140 Å². The predicted molar refractivity (Wildman–Crippen MR) is 240 cm³/mol. The summed E-state index contributed by atoms with van der Waals surface area (Å²) in [5, 5.41) is 10.5. The van der Waals surface area contributed by atoms with Crippen LogP contribution in [0.3, 0.4) is 0 Å². The lowest BCUT2D eigenvalue weighted by Gasteiger charge is -2.11. The molecule has 0 fully saturated rings. The summed E-state index contributed by atoms with van der Waals surface area (Å²) < 4.78 is 7.61. The van der Waals surface area contributed by atoms with Crippen LogP contribution < -0.4 is 0 Å². The number of aromatic nitrogens is 4. The van der Waals surface area contributed by atoms with Gasteiger partial charge in [0.2, 0.25) is 0 Å². The molecule has 0 aliphatic carbocycles. The van der Waals surface area contributed by atoms with E-state index in [1.165, 1.54) is 37.0 Å². The minimum absolute atomic E-state index is 0.612. The van der Waals surface area contributed by atoms with Gasteiger partial charge >= 0.3 is 0 Å². The number of nitrogens with zero attached hydrogens (tertiary/aromatic N) is 4. The zero-order chi connectivity index (χ0) is 38.2. The zero-order valence-electron chi connectivity index (χ0n) is 30.9. The first-order valence-corrected chi connectivity index (χ1v) is 20.1. The van der Waals surface area contributed by atoms with Crippen molar-refractivity contribution in [3.63, 3.8) is 0 Å². The molecule has 3 aromatic heterocycles. The Kier molecular flexibility index (Phi) is 7.33. The Morgan fingerprint density at radius 3 is 1.50 bits per heavy atom. The van der Waals surface area contributed by atoms with Crippen LogP contribution in [-0.2, 0) is 0 Å². The van der Waals surface area contributed by atoms with Gasteiger partial charge < -0.3 is 4.42 Å². The lowest BCUT2D eigenvalue weighted by Crippen LogP contribution is -2.00. The summed E-state index contributed by atoms with van der Waals surface area (Å²) >= 11 is 1.77. The Labute approximate surface area is 336 Å². The molecule has 9 aromatic carbocycles. The Morgan fingerprint density at radius 2 is 0.845 bits per heavy atom. The third kappa shape index (κ3) is 5.38. The van der Waals surface area contributed by atoms with Crippen molar-refractivity contribution in [2.24, 2.45) is 0 Å². The van der Waals surface area contributed by atoms with Crippen molar-refractivity contribution < 1.29 is 4.42 Å². The smallest absolute Gasteiger partial charge is 0.164 e. The van der Waals surface area contributed by atoms with Crippen LogP contribution in [0.5, 0.6) is 0 Å². The predicted octanol–water partition coefficient (Wildman–Crippen LogP) is 14.2. The highest BCUT2D eigenvalue weighted by molar-refractivity contribution is 7.22. The molecular formula is C52H30N4OS. The Hall–Kier alpha value is -7.54. The summed E-state index contributed by atoms with van der Waals surface area (Å²) in [6.07, 6.45) is 0. The average Bonchev–Trinajstić information content (AvgIpc) is 3.91. The van der Waals surface area contributed by atoms with E-state index >= 15 is 0 Å². The van der Waals surface area contributed by atoms with Gasteiger partial charge in [-0.25, -0.2) is 19.9 Å².